The highest BCUT2D eigenvalue weighted by atomic mass is 16.3. The van der Waals surface area contributed by atoms with Gasteiger partial charge in [-0.15, -0.1) is 0 Å². The van der Waals surface area contributed by atoms with Crippen LogP contribution in [-0.2, 0) is 0 Å². The third kappa shape index (κ3) is 2.23. The first-order valence-electron chi connectivity index (χ1n) is 6.02. The molecule has 0 radical (unpaired) electrons. The van der Waals surface area contributed by atoms with E-state index >= 15 is 0 Å². The van der Waals surface area contributed by atoms with Gasteiger partial charge in [0.25, 0.3) is 0 Å². The molecule has 0 aromatic heterocycles. The van der Waals surface area contributed by atoms with E-state index in [1.807, 2.05) is 6.92 Å². The highest BCUT2D eigenvalue weighted by Gasteiger charge is 2.30. The van der Waals surface area contributed by atoms with Gasteiger partial charge in [-0.1, -0.05) is 6.07 Å². The van der Waals surface area contributed by atoms with Gasteiger partial charge >= 0.3 is 0 Å². The molecule has 0 aliphatic carbocycles. The number of aliphatic hydroxyl groups is 1. The Labute approximate surface area is 101 Å². The van der Waals surface area contributed by atoms with Crippen LogP contribution in [0.5, 0.6) is 11.5 Å². The van der Waals surface area contributed by atoms with Gasteiger partial charge in [0, 0.05) is 12.1 Å². The summed E-state index contributed by atoms with van der Waals surface area (Å²) in [6, 6.07) is 4.82. The molecule has 17 heavy (non-hydrogen) atoms. The topological polar surface area (TPSA) is 63.9 Å². The third-order valence-electron chi connectivity index (χ3n) is 3.61. The summed E-state index contributed by atoms with van der Waals surface area (Å²) < 4.78 is 0. The van der Waals surface area contributed by atoms with Crippen molar-refractivity contribution < 1.29 is 15.3 Å². The van der Waals surface area contributed by atoms with E-state index in [4.69, 9.17) is 0 Å². The van der Waals surface area contributed by atoms with Gasteiger partial charge in [-0.25, -0.2) is 0 Å². The maximum absolute atomic E-state index is 9.83. The molecule has 1 aromatic rings. The average molecular weight is 237 g/mol. The van der Waals surface area contributed by atoms with Crippen molar-refractivity contribution in [1.82, 2.24) is 4.90 Å². The van der Waals surface area contributed by atoms with Gasteiger partial charge in [-0.05, 0) is 38.4 Å². The van der Waals surface area contributed by atoms with Crippen molar-refractivity contribution in [3.8, 4) is 11.5 Å². The van der Waals surface area contributed by atoms with E-state index in [0.717, 1.165) is 19.4 Å². The Hall–Kier alpha value is -1.26. The number of rotatable bonds is 3. The average Bonchev–Trinajstić information content (AvgIpc) is 2.76. The van der Waals surface area contributed by atoms with Crippen LogP contribution in [0.4, 0.5) is 0 Å². The number of hydrogen-bond donors (Lipinski definition) is 3. The third-order valence-corrected chi connectivity index (χ3v) is 3.61. The zero-order chi connectivity index (χ0) is 12.4. The molecule has 4 nitrogen and oxygen atoms in total. The van der Waals surface area contributed by atoms with Crippen LogP contribution in [0, 0.1) is 0 Å². The van der Waals surface area contributed by atoms with Crippen LogP contribution in [0.3, 0.4) is 0 Å². The van der Waals surface area contributed by atoms with E-state index in [9.17, 15) is 15.3 Å². The molecular formula is C13H19NO3. The van der Waals surface area contributed by atoms with Crippen LogP contribution in [0.2, 0.25) is 0 Å². The molecule has 0 saturated carbocycles. The molecule has 0 spiro atoms. The predicted molar refractivity (Wildman–Crippen MR) is 65.0 cm³/mol. The Bertz CT molecular complexity index is 374. The first kappa shape index (κ1) is 12.2. The first-order valence-corrected chi connectivity index (χ1v) is 6.02. The lowest BCUT2D eigenvalue weighted by Gasteiger charge is -2.30. The normalized spacial score (nSPS) is 22.8. The van der Waals surface area contributed by atoms with Gasteiger partial charge in [-0.3, -0.25) is 4.90 Å². The maximum atomic E-state index is 9.83. The van der Waals surface area contributed by atoms with Gasteiger partial charge in [-0.2, -0.15) is 0 Å². The Kier molecular flexibility index (Phi) is 3.54. The van der Waals surface area contributed by atoms with Gasteiger partial charge in [0.2, 0.25) is 0 Å². The van der Waals surface area contributed by atoms with Crippen molar-refractivity contribution in [3.05, 3.63) is 23.8 Å². The Balaban J connectivity index is 2.27. The van der Waals surface area contributed by atoms with Crippen LogP contribution in [0.25, 0.3) is 0 Å². The van der Waals surface area contributed by atoms with Gasteiger partial charge in [0.1, 0.15) is 11.5 Å². The summed E-state index contributed by atoms with van der Waals surface area (Å²) in [5, 5.41) is 29.0. The minimum atomic E-state index is -0.0872. The smallest absolute Gasteiger partial charge is 0.124 e. The lowest BCUT2D eigenvalue weighted by atomic mass is 10.0. The second kappa shape index (κ2) is 4.94. The summed E-state index contributed by atoms with van der Waals surface area (Å²) in [6.07, 6.45) is 2.01. The molecule has 1 aromatic carbocycles. The Morgan fingerprint density at radius 1 is 1.35 bits per heavy atom. The van der Waals surface area contributed by atoms with Gasteiger partial charge in [0.15, 0.2) is 0 Å². The fraction of sp³-hybridized carbons (Fsp3) is 0.538. The molecule has 4 heteroatoms. The molecule has 0 amide bonds. The van der Waals surface area contributed by atoms with Crippen molar-refractivity contribution in [2.45, 2.75) is 31.8 Å². The lowest BCUT2D eigenvalue weighted by molar-refractivity contribution is 0.123. The standard InChI is InChI=1S/C13H19NO3/c1-9(14-7-3-4-10(14)8-15)13-11(16)5-2-6-12(13)17/h2,5-6,9-10,15-17H,3-4,7-8H2,1H3. The molecule has 1 fully saturated rings. The summed E-state index contributed by atoms with van der Waals surface area (Å²) in [6.45, 7) is 2.96. The zero-order valence-corrected chi connectivity index (χ0v) is 10.0. The zero-order valence-electron chi connectivity index (χ0n) is 10.0. The van der Waals surface area contributed by atoms with Crippen molar-refractivity contribution in [1.29, 1.82) is 0 Å². The largest absolute Gasteiger partial charge is 0.507 e. The minimum absolute atomic E-state index is 0.0872. The van der Waals surface area contributed by atoms with Crippen LogP contribution in [0.1, 0.15) is 31.4 Å². The second-order valence-corrected chi connectivity index (χ2v) is 4.60. The fourth-order valence-electron chi connectivity index (χ4n) is 2.70. The van der Waals surface area contributed by atoms with E-state index in [-0.39, 0.29) is 30.2 Å². The van der Waals surface area contributed by atoms with E-state index in [1.165, 1.54) is 0 Å². The molecule has 1 saturated heterocycles. The van der Waals surface area contributed by atoms with E-state index < -0.39 is 0 Å². The molecule has 1 aliphatic rings. The SMILES string of the molecule is CC(c1c(O)cccc1O)N1CCCC1CO. The summed E-state index contributed by atoms with van der Waals surface area (Å²) >= 11 is 0. The second-order valence-electron chi connectivity index (χ2n) is 4.60. The number of phenolic OH excluding ortho intramolecular Hbond substituents is 2. The molecule has 94 valence electrons. The Morgan fingerprint density at radius 2 is 2.00 bits per heavy atom. The van der Waals surface area contributed by atoms with Crippen LogP contribution in [-0.4, -0.2) is 39.4 Å². The summed E-state index contributed by atoms with van der Waals surface area (Å²) in [4.78, 5) is 2.13. The van der Waals surface area contributed by atoms with Crippen molar-refractivity contribution in [2.24, 2.45) is 0 Å². The molecule has 2 unspecified atom stereocenters. The lowest BCUT2D eigenvalue weighted by Crippen LogP contribution is -2.34. The molecular weight excluding hydrogens is 218 g/mol. The fourth-order valence-corrected chi connectivity index (χ4v) is 2.70. The minimum Gasteiger partial charge on any atom is -0.507 e. The number of aromatic hydroxyl groups is 2. The molecule has 2 atom stereocenters. The Morgan fingerprint density at radius 3 is 2.59 bits per heavy atom. The van der Waals surface area contributed by atoms with Crippen molar-refractivity contribution >= 4 is 0 Å². The van der Waals surface area contributed by atoms with E-state index in [2.05, 4.69) is 4.90 Å². The van der Waals surface area contributed by atoms with Crippen molar-refractivity contribution in [3.63, 3.8) is 0 Å². The number of likely N-dealkylation sites (tertiary alicyclic amines) is 1. The molecule has 1 aliphatic heterocycles. The van der Waals surface area contributed by atoms with Crippen LogP contribution < -0.4 is 0 Å². The van der Waals surface area contributed by atoms with Crippen LogP contribution in [0.15, 0.2) is 18.2 Å². The number of benzene rings is 1. The number of hydrogen-bond acceptors (Lipinski definition) is 4. The monoisotopic (exact) mass is 237 g/mol. The van der Waals surface area contributed by atoms with Crippen molar-refractivity contribution in [2.75, 3.05) is 13.2 Å². The number of nitrogens with zero attached hydrogens (tertiary/aromatic N) is 1. The van der Waals surface area contributed by atoms with Crippen LogP contribution >= 0.6 is 0 Å². The summed E-state index contributed by atoms with van der Waals surface area (Å²) in [7, 11) is 0. The van der Waals surface area contributed by atoms with Gasteiger partial charge in [0.05, 0.1) is 12.2 Å². The maximum Gasteiger partial charge on any atom is 0.124 e. The summed E-state index contributed by atoms with van der Waals surface area (Å²) in [5.41, 5.74) is 0.549. The quantitative estimate of drug-likeness (QED) is 0.747. The number of phenols is 2. The molecule has 1 heterocycles. The number of aliphatic hydroxyl groups excluding tert-OH is 1. The van der Waals surface area contributed by atoms with E-state index in [1.54, 1.807) is 18.2 Å². The molecule has 0 bridgehead atoms. The highest BCUT2D eigenvalue weighted by molar-refractivity contribution is 5.45. The van der Waals surface area contributed by atoms with Gasteiger partial charge < -0.3 is 15.3 Å². The first-order chi connectivity index (χ1) is 8.15. The molecule has 3 N–H and O–H groups in total. The summed E-state index contributed by atoms with van der Waals surface area (Å²) in [5.74, 6) is 0.224. The van der Waals surface area contributed by atoms with E-state index in [0.29, 0.717) is 5.56 Å². The highest BCUT2D eigenvalue weighted by Crippen LogP contribution is 2.38. The predicted octanol–water partition coefficient (Wildman–Crippen LogP) is 1.62. The molecule has 2 rings (SSSR count).